The molecule has 0 atom stereocenters. The summed E-state index contributed by atoms with van der Waals surface area (Å²) in [7, 11) is 0. The first-order valence-corrected chi connectivity index (χ1v) is 6.51. The molecule has 1 aromatic rings. The van der Waals surface area contributed by atoms with Crippen LogP contribution < -0.4 is 10.6 Å². The molecular formula is C12H16BrF3N2. The lowest BCUT2D eigenvalue weighted by molar-refractivity contribution is -0.137. The summed E-state index contributed by atoms with van der Waals surface area (Å²) in [4.78, 5) is 2.00. The molecule has 1 aromatic carbocycles. The molecule has 18 heavy (non-hydrogen) atoms. The van der Waals surface area contributed by atoms with Crippen molar-refractivity contribution in [1.82, 2.24) is 0 Å². The molecule has 2 nitrogen and oxygen atoms in total. The fraction of sp³-hybridized carbons (Fsp3) is 0.500. The van der Waals surface area contributed by atoms with E-state index in [0.717, 1.165) is 37.3 Å². The molecule has 0 spiro atoms. The monoisotopic (exact) mass is 324 g/mol. The average Bonchev–Trinajstić information content (AvgIpc) is 2.30. The zero-order valence-electron chi connectivity index (χ0n) is 10.1. The van der Waals surface area contributed by atoms with Crippen LogP contribution in [0, 0.1) is 0 Å². The summed E-state index contributed by atoms with van der Waals surface area (Å²) in [5.74, 6) is 0. The lowest BCUT2D eigenvalue weighted by Crippen LogP contribution is -2.26. The Labute approximate surface area is 113 Å². The van der Waals surface area contributed by atoms with Crippen LogP contribution in [0.5, 0.6) is 0 Å². The third-order valence-corrected chi connectivity index (χ3v) is 3.26. The van der Waals surface area contributed by atoms with Crippen molar-refractivity contribution in [2.75, 3.05) is 24.5 Å². The highest BCUT2D eigenvalue weighted by atomic mass is 79.9. The maximum Gasteiger partial charge on any atom is 0.416 e. The zero-order chi connectivity index (χ0) is 13.8. The Morgan fingerprint density at radius 1 is 1.33 bits per heavy atom. The maximum absolute atomic E-state index is 12.5. The predicted molar refractivity (Wildman–Crippen MR) is 70.7 cm³/mol. The van der Waals surface area contributed by atoms with Gasteiger partial charge in [0.25, 0.3) is 0 Å². The first-order chi connectivity index (χ1) is 8.40. The minimum absolute atomic E-state index is 0.455. The number of rotatable bonds is 5. The Balaban J connectivity index is 2.96. The van der Waals surface area contributed by atoms with Crippen molar-refractivity contribution in [3.8, 4) is 0 Å². The minimum Gasteiger partial charge on any atom is -0.371 e. The van der Waals surface area contributed by atoms with E-state index in [-0.39, 0.29) is 0 Å². The highest BCUT2D eigenvalue weighted by molar-refractivity contribution is 9.10. The van der Waals surface area contributed by atoms with Crippen LogP contribution in [0.4, 0.5) is 18.9 Å². The Kier molecular flexibility index (Phi) is 5.47. The van der Waals surface area contributed by atoms with Crippen LogP contribution in [0.1, 0.15) is 18.9 Å². The van der Waals surface area contributed by atoms with Gasteiger partial charge in [-0.1, -0.05) is 0 Å². The molecule has 0 aliphatic rings. The van der Waals surface area contributed by atoms with Crippen LogP contribution in [-0.4, -0.2) is 19.6 Å². The van der Waals surface area contributed by atoms with Gasteiger partial charge in [0.1, 0.15) is 0 Å². The smallest absolute Gasteiger partial charge is 0.371 e. The fourth-order valence-electron chi connectivity index (χ4n) is 1.67. The molecule has 6 heteroatoms. The quantitative estimate of drug-likeness (QED) is 0.895. The lowest BCUT2D eigenvalue weighted by atomic mass is 10.2. The number of hydrogen-bond donors (Lipinski definition) is 1. The van der Waals surface area contributed by atoms with E-state index in [1.165, 1.54) is 6.07 Å². The third-order valence-electron chi connectivity index (χ3n) is 2.63. The van der Waals surface area contributed by atoms with Gasteiger partial charge in [0, 0.05) is 17.6 Å². The first-order valence-electron chi connectivity index (χ1n) is 5.72. The van der Waals surface area contributed by atoms with Crippen molar-refractivity contribution in [3.63, 3.8) is 0 Å². The average molecular weight is 325 g/mol. The minimum atomic E-state index is -4.31. The second kappa shape index (κ2) is 6.43. The second-order valence-electron chi connectivity index (χ2n) is 3.89. The van der Waals surface area contributed by atoms with Gasteiger partial charge >= 0.3 is 6.18 Å². The summed E-state index contributed by atoms with van der Waals surface area (Å²) < 4.78 is 38.1. The van der Waals surface area contributed by atoms with Crippen molar-refractivity contribution in [1.29, 1.82) is 0 Å². The van der Waals surface area contributed by atoms with Crippen LogP contribution in [-0.2, 0) is 6.18 Å². The lowest BCUT2D eigenvalue weighted by Gasteiger charge is -2.24. The first kappa shape index (κ1) is 15.3. The van der Waals surface area contributed by atoms with Crippen LogP contribution in [0.25, 0.3) is 0 Å². The normalized spacial score (nSPS) is 11.7. The van der Waals surface area contributed by atoms with Gasteiger partial charge in [0.2, 0.25) is 0 Å². The Bertz CT molecular complexity index is 393. The molecule has 0 aliphatic carbocycles. The molecule has 0 radical (unpaired) electrons. The highest BCUT2D eigenvalue weighted by Crippen LogP contribution is 2.35. The van der Waals surface area contributed by atoms with Gasteiger partial charge in [0.15, 0.2) is 0 Å². The van der Waals surface area contributed by atoms with E-state index in [4.69, 9.17) is 5.73 Å². The van der Waals surface area contributed by atoms with E-state index in [9.17, 15) is 13.2 Å². The fourth-order valence-corrected chi connectivity index (χ4v) is 2.30. The van der Waals surface area contributed by atoms with E-state index in [2.05, 4.69) is 15.9 Å². The second-order valence-corrected chi connectivity index (χ2v) is 4.74. The molecule has 0 unspecified atom stereocenters. The van der Waals surface area contributed by atoms with Crippen molar-refractivity contribution in [3.05, 3.63) is 28.2 Å². The number of hydrogen-bond acceptors (Lipinski definition) is 2. The van der Waals surface area contributed by atoms with Crippen molar-refractivity contribution in [2.24, 2.45) is 5.73 Å². The summed E-state index contributed by atoms with van der Waals surface area (Å²) in [5.41, 5.74) is 5.56. The van der Waals surface area contributed by atoms with Crippen LogP contribution in [0.15, 0.2) is 22.7 Å². The van der Waals surface area contributed by atoms with E-state index in [1.54, 1.807) is 0 Å². The molecule has 0 aromatic heterocycles. The molecule has 102 valence electrons. The van der Waals surface area contributed by atoms with Gasteiger partial charge in [-0.05, 0) is 54.0 Å². The molecule has 0 heterocycles. The van der Waals surface area contributed by atoms with Crippen LogP contribution in [0.3, 0.4) is 0 Å². The van der Waals surface area contributed by atoms with E-state index in [0.29, 0.717) is 11.0 Å². The SMILES string of the molecule is CCN(CCCN)c1ccc(C(F)(F)F)cc1Br. The standard InChI is InChI=1S/C12H16BrF3N2/c1-2-18(7-3-6-17)11-5-4-9(8-10(11)13)12(14,15)16/h4-5,8H,2-3,6-7,17H2,1H3. The number of halogens is 4. The van der Waals surface area contributed by atoms with E-state index in [1.807, 2.05) is 11.8 Å². The van der Waals surface area contributed by atoms with Crippen molar-refractivity contribution >= 4 is 21.6 Å². The van der Waals surface area contributed by atoms with Gasteiger partial charge in [-0.3, -0.25) is 0 Å². The van der Waals surface area contributed by atoms with Crippen LogP contribution in [0.2, 0.25) is 0 Å². The van der Waals surface area contributed by atoms with Gasteiger partial charge in [-0.25, -0.2) is 0 Å². The molecule has 0 bridgehead atoms. The number of alkyl halides is 3. The molecule has 2 N–H and O–H groups in total. The highest BCUT2D eigenvalue weighted by Gasteiger charge is 2.31. The Morgan fingerprint density at radius 2 is 2.00 bits per heavy atom. The number of nitrogens with zero attached hydrogens (tertiary/aromatic N) is 1. The molecule has 0 fully saturated rings. The maximum atomic E-state index is 12.5. The Hall–Kier alpha value is -0.750. The zero-order valence-corrected chi connectivity index (χ0v) is 11.7. The molecule has 0 saturated carbocycles. The van der Waals surface area contributed by atoms with Gasteiger partial charge in [-0.2, -0.15) is 13.2 Å². The van der Waals surface area contributed by atoms with E-state index >= 15 is 0 Å². The summed E-state index contributed by atoms with van der Waals surface area (Å²) in [6.07, 6.45) is -3.50. The predicted octanol–water partition coefficient (Wildman–Crippen LogP) is 3.64. The van der Waals surface area contributed by atoms with Gasteiger partial charge in [0.05, 0.1) is 11.3 Å². The molecular weight excluding hydrogens is 309 g/mol. The van der Waals surface area contributed by atoms with Gasteiger partial charge < -0.3 is 10.6 Å². The molecule has 0 saturated heterocycles. The Morgan fingerprint density at radius 3 is 2.44 bits per heavy atom. The molecule has 1 rings (SSSR count). The van der Waals surface area contributed by atoms with Crippen molar-refractivity contribution in [2.45, 2.75) is 19.5 Å². The summed E-state index contributed by atoms with van der Waals surface area (Å²) >= 11 is 3.20. The molecule has 0 amide bonds. The van der Waals surface area contributed by atoms with Gasteiger partial charge in [-0.15, -0.1) is 0 Å². The summed E-state index contributed by atoms with van der Waals surface area (Å²) in [6, 6.07) is 3.71. The largest absolute Gasteiger partial charge is 0.416 e. The summed E-state index contributed by atoms with van der Waals surface area (Å²) in [5, 5.41) is 0. The molecule has 0 aliphatic heterocycles. The number of nitrogens with two attached hydrogens (primary N) is 1. The van der Waals surface area contributed by atoms with E-state index < -0.39 is 11.7 Å². The number of anilines is 1. The topological polar surface area (TPSA) is 29.3 Å². The van der Waals surface area contributed by atoms with Crippen LogP contribution >= 0.6 is 15.9 Å². The van der Waals surface area contributed by atoms with Crippen molar-refractivity contribution < 1.29 is 13.2 Å². The third kappa shape index (κ3) is 3.88. The number of benzene rings is 1. The summed E-state index contributed by atoms with van der Waals surface area (Å²) in [6.45, 7) is 3.98.